The lowest BCUT2D eigenvalue weighted by molar-refractivity contribution is 0.415. The number of methoxy groups -OCH3 is 1. The molecule has 90 valence electrons. The van der Waals surface area contributed by atoms with Gasteiger partial charge in [0, 0.05) is 5.56 Å². The van der Waals surface area contributed by atoms with Gasteiger partial charge in [0.1, 0.15) is 17.0 Å². The first kappa shape index (κ1) is 10.8. The zero-order valence-electron chi connectivity index (χ0n) is 10.2. The van der Waals surface area contributed by atoms with Crippen molar-refractivity contribution in [1.29, 1.82) is 0 Å². The minimum absolute atomic E-state index is 0.713. The van der Waals surface area contributed by atoms with Gasteiger partial charge in [0.2, 0.25) is 0 Å². The number of rotatable bonds is 2. The van der Waals surface area contributed by atoms with E-state index < -0.39 is 0 Å². The van der Waals surface area contributed by atoms with Crippen LogP contribution in [0.25, 0.3) is 22.4 Å². The Kier molecular flexibility index (Phi) is 2.48. The van der Waals surface area contributed by atoms with Gasteiger partial charge in [-0.1, -0.05) is 5.16 Å². The predicted molar refractivity (Wildman–Crippen MR) is 68.5 cm³/mol. The summed E-state index contributed by atoms with van der Waals surface area (Å²) >= 11 is 0. The van der Waals surface area contributed by atoms with Gasteiger partial charge in [-0.3, -0.25) is 0 Å². The highest BCUT2D eigenvalue weighted by molar-refractivity contribution is 5.78. The molecule has 0 atom stereocenters. The van der Waals surface area contributed by atoms with Gasteiger partial charge in [-0.2, -0.15) is 0 Å². The number of hydrogen-bond acceptors (Lipinski definition) is 4. The summed E-state index contributed by atoms with van der Waals surface area (Å²) in [6, 6.07) is 11.6. The molecule has 3 rings (SSSR count). The van der Waals surface area contributed by atoms with Crippen LogP contribution in [0.15, 0.2) is 40.9 Å². The van der Waals surface area contributed by atoms with Gasteiger partial charge in [-0.05, 0) is 43.3 Å². The zero-order valence-corrected chi connectivity index (χ0v) is 10.2. The summed E-state index contributed by atoms with van der Waals surface area (Å²) in [7, 11) is 1.65. The van der Waals surface area contributed by atoms with E-state index in [0.717, 1.165) is 28.2 Å². The molecule has 0 aliphatic rings. The maximum atomic E-state index is 5.14. The standard InChI is InChI=1S/C14H12N2O2/c1-9-14-13(18-16-9)8-7-12(15-14)10-3-5-11(17-2)6-4-10/h3-8H,1-2H3. The maximum Gasteiger partial charge on any atom is 0.185 e. The molecule has 0 unspecified atom stereocenters. The molecule has 0 aliphatic carbocycles. The molecule has 2 heterocycles. The predicted octanol–water partition coefficient (Wildman–Crippen LogP) is 3.21. The van der Waals surface area contributed by atoms with Crippen molar-refractivity contribution in [2.75, 3.05) is 7.11 Å². The van der Waals surface area contributed by atoms with Crippen molar-refractivity contribution in [3.63, 3.8) is 0 Å². The first-order valence-electron chi connectivity index (χ1n) is 5.65. The highest BCUT2D eigenvalue weighted by Gasteiger charge is 2.07. The Bertz CT molecular complexity index is 687. The molecule has 3 aromatic rings. The lowest BCUT2D eigenvalue weighted by atomic mass is 10.1. The van der Waals surface area contributed by atoms with Crippen molar-refractivity contribution in [3.8, 4) is 17.0 Å². The van der Waals surface area contributed by atoms with Crippen molar-refractivity contribution < 1.29 is 9.26 Å². The van der Waals surface area contributed by atoms with Crippen LogP contribution in [0.1, 0.15) is 5.69 Å². The van der Waals surface area contributed by atoms with Crippen molar-refractivity contribution >= 4 is 11.1 Å². The molecule has 2 aromatic heterocycles. The summed E-state index contributed by atoms with van der Waals surface area (Å²) in [4.78, 5) is 4.56. The number of nitrogens with zero attached hydrogens (tertiary/aromatic N) is 2. The van der Waals surface area contributed by atoms with Gasteiger partial charge in [0.05, 0.1) is 12.8 Å². The topological polar surface area (TPSA) is 48.2 Å². The molecule has 4 heteroatoms. The second kappa shape index (κ2) is 4.14. The SMILES string of the molecule is COc1ccc(-c2ccc3onc(C)c3n2)cc1. The van der Waals surface area contributed by atoms with Crippen molar-refractivity contribution in [3.05, 3.63) is 42.1 Å². The third-order valence-electron chi connectivity index (χ3n) is 2.87. The Balaban J connectivity index is 2.09. The molecule has 0 N–H and O–H groups in total. The van der Waals surface area contributed by atoms with Crippen LogP contribution in [0.5, 0.6) is 5.75 Å². The van der Waals surface area contributed by atoms with E-state index in [9.17, 15) is 0 Å². The van der Waals surface area contributed by atoms with E-state index in [1.165, 1.54) is 0 Å². The molecule has 0 saturated carbocycles. The van der Waals surface area contributed by atoms with Crippen LogP contribution >= 0.6 is 0 Å². The number of benzene rings is 1. The number of fused-ring (bicyclic) bond motifs is 1. The van der Waals surface area contributed by atoms with E-state index >= 15 is 0 Å². The number of aryl methyl sites for hydroxylation is 1. The summed E-state index contributed by atoms with van der Waals surface area (Å²) in [5.41, 5.74) is 4.27. The normalized spacial score (nSPS) is 10.8. The van der Waals surface area contributed by atoms with Crippen molar-refractivity contribution in [2.45, 2.75) is 6.92 Å². The summed E-state index contributed by atoms with van der Waals surface area (Å²) in [6.45, 7) is 1.89. The number of pyridine rings is 1. The van der Waals surface area contributed by atoms with Crippen molar-refractivity contribution in [2.24, 2.45) is 0 Å². The number of hydrogen-bond donors (Lipinski definition) is 0. The third-order valence-corrected chi connectivity index (χ3v) is 2.87. The van der Waals surface area contributed by atoms with E-state index in [1.807, 2.05) is 43.3 Å². The molecule has 4 nitrogen and oxygen atoms in total. The van der Waals surface area contributed by atoms with E-state index in [4.69, 9.17) is 9.26 Å². The Labute approximate surface area is 104 Å². The Hall–Kier alpha value is -2.36. The molecule has 0 saturated heterocycles. The zero-order chi connectivity index (χ0) is 12.5. The third kappa shape index (κ3) is 1.72. The van der Waals surface area contributed by atoms with Crippen LogP contribution in [-0.4, -0.2) is 17.3 Å². The van der Waals surface area contributed by atoms with E-state index in [1.54, 1.807) is 7.11 Å². The quantitative estimate of drug-likeness (QED) is 0.690. The second-order valence-electron chi connectivity index (χ2n) is 4.04. The fourth-order valence-electron chi connectivity index (χ4n) is 1.86. The molecule has 0 radical (unpaired) electrons. The smallest absolute Gasteiger partial charge is 0.185 e. The summed E-state index contributed by atoms with van der Waals surface area (Å²) in [6.07, 6.45) is 0. The summed E-state index contributed by atoms with van der Waals surface area (Å²) < 4.78 is 10.3. The van der Waals surface area contributed by atoms with Gasteiger partial charge in [0.15, 0.2) is 5.58 Å². The molecule has 0 amide bonds. The van der Waals surface area contributed by atoms with Gasteiger partial charge in [0.25, 0.3) is 0 Å². The highest BCUT2D eigenvalue weighted by atomic mass is 16.5. The average Bonchev–Trinajstić information content (AvgIpc) is 2.80. The average molecular weight is 240 g/mol. The number of aromatic nitrogens is 2. The summed E-state index contributed by atoms with van der Waals surface area (Å²) in [5.74, 6) is 0.834. The molecule has 0 aliphatic heterocycles. The van der Waals surface area contributed by atoms with Crippen molar-refractivity contribution in [1.82, 2.24) is 10.1 Å². The van der Waals surface area contributed by atoms with E-state index in [-0.39, 0.29) is 0 Å². The van der Waals surface area contributed by atoms with Gasteiger partial charge in [-0.25, -0.2) is 4.98 Å². The maximum absolute atomic E-state index is 5.14. The minimum Gasteiger partial charge on any atom is -0.497 e. The minimum atomic E-state index is 0.713. The molecule has 0 fully saturated rings. The monoisotopic (exact) mass is 240 g/mol. The van der Waals surface area contributed by atoms with Crippen LogP contribution in [-0.2, 0) is 0 Å². The highest BCUT2D eigenvalue weighted by Crippen LogP contribution is 2.24. The van der Waals surface area contributed by atoms with E-state index in [2.05, 4.69) is 10.1 Å². The Morgan fingerprint density at radius 3 is 2.56 bits per heavy atom. The first-order chi connectivity index (χ1) is 8.78. The van der Waals surface area contributed by atoms with Crippen LogP contribution < -0.4 is 4.74 Å². The van der Waals surface area contributed by atoms with Gasteiger partial charge < -0.3 is 9.26 Å². The molecule has 1 aromatic carbocycles. The molecular weight excluding hydrogens is 228 g/mol. The molecule has 18 heavy (non-hydrogen) atoms. The van der Waals surface area contributed by atoms with Crippen LogP contribution in [0.3, 0.4) is 0 Å². The van der Waals surface area contributed by atoms with Gasteiger partial charge >= 0.3 is 0 Å². The van der Waals surface area contributed by atoms with E-state index in [0.29, 0.717) is 5.58 Å². The molecule has 0 bridgehead atoms. The Morgan fingerprint density at radius 1 is 1.06 bits per heavy atom. The Morgan fingerprint density at radius 2 is 1.83 bits per heavy atom. The van der Waals surface area contributed by atoms with Gasteiger partial charge in [-0.15, -0.1) is 0 Å². The fraction of sp³-hybridized carbons (Fsp3) is 0.143. The van der Waals surface area contributed by atoms with Crippen LogP contribution in [0, 0.1) is 6.92 Å². The second-order valence-corrected chi connectivity index (χ2v) is 4.04. The lowest BCUT2D eigenvalue weighted by Gasteiger charge is -2.02. The first-order valence-corrected chi connectivity index (χ1v) is 5.65. The fourth-order valence-corrected chi connectivity index (χ4v) is 1.86. The van der Waals surface area contributed by atoms with Crippen LogP contribution in [0.4, 0.5) is 0 Å². The lowest BCUT2D eigenvalue weighted by Crippen LogP contribution is -1.86. The van der Waals surface area contributed by atoms with Crippen LogP contribution in [0.2, 0.25) is 0 Å². The molecular formula is C14H12N2O2. The summed E-state index contributed by atoms with van der Waals surface area (Å²) in [5, 5.41) is 3.90. The largest absolute Gasteiger partial charge is 0.497 e. The number of ether oxygens (including phenoxy) is 1. The molecule has 0 spiro atoms.